The highest BCUT2D eigenvalue weighted by Crippen LogP contribution is 2.28. The second-order valence-electron chi connectivity index (χ2n) is 4.82. The standard InChI is InChI=1S/C13H19NO4/c1-4-10-5-6-12(11(9-10)14(16)17)18-8-7-13(2,3)15/h5-6,9,15H,4,7-8H2,1-3H3. The van der Waals surface area contributed by atoms with Crippen LogP contribution in [-0.2, 0) is 6.42 Å². The van der Waals surface area contributed by atoms with E-state index in [2.05, 4.69) is 0 Å². The van der Waals surface area contributed by atoms with Gasteiger partial charge in [0, 0.05) is 12.5 Å². The first-order valence-corrected chi connectivity index (χ1v) is 5.96. The van der Waals surface area contributed by atoms with Crippen molar-refractivity contribution in [2.24, 2.45) is 0 Å². The molecule has 0 heterocycles. The van der Waals surface area contributed by atoms with Crippen LogP contribution in [-0.4, -0.2) is 22.2 Å². The van der Waals surface area contributed by atoms with Crippen LogP contribution >= 0.6 is 0 Å². The van der Waals surface area contributed by atoms with Gasteiger partial charge in [-0.2, -0.15) is 0 Å². The first-order chi connectivity index (χ1) is 8.33. The van der Waals surface area contributed by atoms with Crippen LogP contribution in [0.3, 0.4) is 0 Å². The molecular weight excluding hydrogens is 234 g/mol. The molecule has 5 heteroatoms. The normalized spacial score (nSPS) is 11.3. The zero-order valence-electron chi connectivity index (χ0n) is 11.0. The van der Waals surface area contributed by atoms with Gasteiger partial charge in [0.25, 0.3) is 0 Å². The highest BCUT2D eigenvalue weighted by Gasteiger charge is 2.17. The number of ether oxygens (including phenoxy) is 1. The smallest absolute Gasteiger partial charge is 0.311 e. The van der Waals surface area contributed by atoms with Gasteiger partial charge in [-0.05, 0) is 31.9 Å². The molecule has 0 saturated heterocycles. The minimum atomic E-state index is -0.835. The molecular formula is C13H19NO4. The van der Waals surface area contributed by atoms with Crippen LogP contribution in [0, 0.1) is 10.1 Å². The summed E-state index contributed by atoms with van der Waals surface area (Å²) in [7, 11) is 0. The summed E-state index contributed by atoms with van der Waals surface area (Å²) < 4.78 is 5.37. The Kier molecular flexibility index (Phi) is 4.67. The summed E-state index contributed by atoms with van der Waals surface area (Å²) >= 11 is 0. The fourth-order valence-electron chi connectivity index (χ4n) is 1.46. The Hall–Kier alpha value is -1.62. The molecule has 0 unspecified atom stereocenters. The van der Waals surface area contributed by atoms with Crippen LogP contribution in [0.25, 0.3) is 0 Å². The summed E-state index contributed by atoms with van der Waals surface area (Å²) in [5, 5.41) is 20.5. The summed E-state index contributed by atoms with van der Waals surface area (Å²) in [5.74, 6) is 0.251. The topological polar surface area (TPSA) is 72.6 Å². The van der Waals surface area contributed by atoms with Crippen molar-refractivity contribution in [2.45, 2.75) is 39.2 Å². The summed E-state index contributed by atoms with van der Waals surface area (Å²) in [5.41, 5.74) is 0.0413. The Labute approximate surface area is 107 Å². The molecule has 0 saturated carbocycles. The third kappa shape index (κ3) is 4.33. The van der Waals surface area contributed by atoms with E-state index in [1.807, 2.05) is 13.0 Å². The molecule has 100 valence electrons. The van der Waals surface area contributed by atoms with Gasteiger partial charge in [-0.3, -0.25) is 10.1 Å². The molecule has 0 fully saturated rings. The van der Waals surface area contributed by atoms with Crippen LogP contribution < -0.4 is 4.74 Å². The van der Waals surface area contributed by atoms with E-state index in [-0.39, 0.29) is 18.0 Å². The number of rotatable bonds is 6. The van der Waals surface area contributed by atoms with Crippen LogP contribution in [0.5, 0.6) is 5.75 Å². The average molecular weight is 253 g/mol. The molecule has 0 aliphatic heterocycles. The van der Waals surface area contributed by atoms with Crippen LogP contribution in [0.1, 0.15) is 32.8 Å². The Morgan fingerprint density at radius 2 is 2.11 bits per heavy atom. The molecule has 0 atom stereocenters. The average Bonchev–Trinajstić information content (AvgIpc) is 2.27. The first-order valence-electron chi connectivity index (χ1n) is 5.96. The molecule has 0 spiro atoms. The maximum absolute atomic E-state index is 10.9. The van der Waals surface area contributed by atoms with E-state index in [4.69, 9.17) is 4.74 Å². The lowest BCUT2D eigenvalue weighted by molar-refractivity contribution is -0.386. The van der Waals surface area contributed by atoms with E-state index >= 15 is 0 Å². The number of aliphatic hydroxyl groups is 1. The van der Waals surface area contributed by atoms with E-state index in [9.17, 15) is 15.2 Å². The van der Waals surface area contributed by atoms with Gasteiger partial charge in [-0.25, -0.2) is 0 Å². The molecule has 0 radical (unpaired) electrons. The summed E-state index contributed by atoms with van der Waals surface area (Å²) in [4.78, 5) is 10.5. The number of aryl methyl sites for hydroxylation is 1. The maximum atomic E-state index is 10.9. The lowest BCUT2D eigenvalue weighted by Crippen LogP contribution is -2.21. The molecule has 0 bridgehead atoms. The highest BCUT2D eigenvalue weighted by atomic mass is 16.6. The van der Waals surface area contributed by atoms with Gasteiger partial charge in [0.15, 0.2) is 5.75 Å². The molecule has 0 aliphatic carbocycles. The molecule has 18 heavy (non-hydrogen) atoms. The molecule has 0 aliphatic rings. The van der Waals surface area contributed by atoms with Crippen molar-refractivity contribution in [3.05, 3.63) is 33.9 Å². The zero-order chi connectivity index (χ0) is 13.8. The SMILES string of the molecule is CCc1ccc(OCCC(C)(C)O)c([N+](=O)[O-])c1. The van der Waals surface area contributed by atoms with E-state index in [0.29, 0.717) is 6.42 Å². The quantitative estimate of drug-likeness (QED) is 0.625. The zero-order valence-corrected chi connectivity index (χ0v) is 11.0. The second-order valence-corrected chi connectivity index (χ2v) is 4.82. The fourth-order valence-corrected chi connectivity index (χ4v) is 1.46. The fraction of sp³-hybridized carbons (Fsp3) is 0.538. The lowest BCUT2D eigenvalue weighted by atomic mass is 10.1. The number of hydrogen-bond acceptors (Lipinski definition) is 4. The van der Waals surface area contributed by atoms with Gasteiger partial charge in [0.2, 0.25) is 0 Å². The number of nitro benzene ring substituents is 1. The number of nitrogens with zero attached hydrogens (tertiary/aromatic N) is 1. The summed E-state index contributed by atoms with van der Waals surface area (Å²) in [6.07, 6.45) is 1.16. The molecule has 5 nitrogen and oxygen atoms in total. The monoisotopic (exact) mass is 253 g/mol. The van der Waals surface area contributed by atoms with Crippen LogP contribution in [0.15, 0.2) is 18.2 Å². The van der Waals surface area contributed by atoms with E-state index in [1.165, 1.54) is 6.07 Å². The molecule has 1 N–H and O–H groups in total. The van der Waals surface area contributed by atoms with Crippen molar-refractivity contribution in [1.82, 2.24) is 0 Å². The molecule has 0 aromatic heterocycles. The third-order valence-electron chi connectivity index (χ3n) is 2.60. The Bertz CT molecular complexity index is 423. The molecule has 1 aromatic carbocycles. The van der Waals surface area contributed by atoms with Crippen LogP contribution in [0.4, 0.5) is 5.69 Å². The number of hydrogen-bond donors (Lipinski definition) is 1. The van der Waals surface area contributed by atoms with Crippen molar-refractivity contribution in [3.63, 3.8) is 0 Å². The Morgan fingerprint density at radius 1 is 1.44 bits per heavy atom. The van der Waals surface area contributed by atoms with Crippen molar-refractivity contribution in [3.8, 4) is 5.75 Å². The van der Waals surface area contributed by atoms with Crippen molar-refractivity contribution in [2.75, 3.05) is 6.61 Å². The van der Waals surface area contributed by atoms with Gasteiger partial charge < -0.3 is 9.84 Å². The summed E-state index contributed by atoms with van der Waals surface area (Å²) in [6.45, 7) is 5.53. The minimum absolute atomic E-state index is 0.0231. The van der Waals surface area contributed by atoms with E-state index in [0.717, 1.165) is 12.0 Å². The van der Waals surface area contributed by atoms with Gasteiger partial charge in [-0.15, -0.1) is 0 Å². The Morgan fingerprint density at radius 3 is 2.61 bits per heavy atom. The lowest BCUT2D eigenvalue weighted by Gasteiger charge is -2.17. The predicted molar refractivity (Wildman–Crippen MR) is 68.9 cm³/mol. The third-order valence-corrected chi connectivity index (χ3v) is 2.60. The van der Waals surface area contributed by atoms with Crippen molar-refractivity contribution in [1.29, 1.82) is 0 Å². The Balaban J connectivity index is 2.79. The van der Waals surface area contributed by atoms with Gasteiger partial charge in [0.1, 0.15) is 0 Å². The van der Waals surface area contributed by atoms with E-state index < -0.39 is 10.5 Å². The summed E-state index contributed by atoms with van der Waals surface area (Å²) in [6, 6.07) is 4.95. The number of nitro groups is 1. The highest BCUT2D eigenvalue weighted by molar-refractivity contribution is 5.48. The van der Waals surface area contributed by atoms with Crippen molar-refractivity contribution >= 4 is 5.69 Å². The molecule has 1 rings (SSSR count). The van der Waals surface area contributed by atoms with Crippen molar-refractivity contribution < 1.29 is 14.8 Å². The number of benzene rings is 1. The van der Waals surface area contributed by atoms with Gasteiger partial charge in [-0.1, -0.05) is 13.0 Å². The predicted octanol–water partition coefficient (Wildman–Crippen LogP) is 2.70. The molecule has 0 amide bonds. The van der Waals surface area contributed by atoms with Gasteiger partial charge >= 0.3 is 5.69 Å². The molecule has 1 aromatic rings. The van der Waals surface area contributed by atoms with E-state index in [1.54, 1.807) is 19.9 Å². The minimum Gasteiger partial charge on any atom is -0.487 e. The van der Waals surface area contributed by atoms with Gasteiger partial charge in [0.05, 0.1) is 17.1 Å². The first kappa shape index (κ1) is 14.4. The van der Waals surface area contributed by atoms with Crippen LogP contribution in [0.2, 0.25) is 0 Å². The largest absolute Gasteiger partial charge is 0.487 e. The maximum Gasteiger partial charge on any atom is 0.311 e. The second kappa shape index (κ2) is 5.82.